The summed E-state index contributed by atoms with van der Waals surface area (Å²) < 4.78 is 42.5. The standard InChI is InChI=1S/C51H79NO10/c1-9-10-11-12-13-14-15-16-17-18-19-20-21-25-46(53)61-45-32-42(37(5)48(56-8)36(4)24-22-23-34(2)28-40-33-57-38(6)52-40)60-50(55)49-43(59-49)30-39-29-41(58-47(54)31-39)35(3)26-27-44-51(45,7)62-44/h22-24,28,33,35,37,39,41-45,48-49H,9-21,25-27,29-32H2,1-8H3/b23-22+,34-28+,36-24+/t35?,37?,39?,41?,42?,43?,44-,45?,48?,49?,51?/m0/s1. The largest absolute Gasteiger partial charge is 0.462 e. The number of hydrogen-bond donors (Lipinski definition) is 0. The van der Waals surface area contributed by atoms with Gasteiger partial charge in [0.05, 0.1) is 18.3 Å². The Morgan fingerprint density at radius 1 is 0.935 bits per heavy atom. The van der Waals surface area contributed by atoms with Crippen LogP contribution in [0.2, 0.25) is 0 Å². The SMILES string of the molecule is CCCCCCCCCCCCCCCC(=O)OC1CC(C(C)C(OC)/C(C)=C/C=C/C(C)=C/c2coc(C)n2)OC(=O)C2OC2CC2CC(=O)OC(C2)C(C)CC[C@@H]2OC12C. The number of aryl methyl sites for hydroxylation is 1. The van der Waals surface area contributed by atoms with E-state index in [1.807, 2.05) is 58.9 Å². The fraction of sp³-hybridized carbons (Fsp3) is 0.765. The van der Waals surface area contributed by atoms with E-state index in [0.717, 1.165) is 55.4 Å². The Morgan fingerprint density at radius 2 is 1.60 bits per heavy atom. The van der Waals surface area contributed by atoms with E-state index in [1.54, 1.807) is 13.4 Å². The fourth-order valence-corrected chi connectivity index (χ4v) is 9.69. The Bertz CT molecular complexity index is 1660. The van der Waals surface area contributed by atoms with Crippen LogP contribution in [0.25, 0.3) is 6.08 Å². The van der Waals surface area contributed by atoms with Crippen LogP contribution in [0.4, 0.5) is 0 Å². The normalized spacial score (nSPS) is 30.5. The van der Waals surface area contributed by atoms with Crippen molar-refractivity contribution in [1.29, 1.82) is 0 Å². The zero-order valence-corrected chi connectivity index (χ0v) is 39.3. The lowest BCUT2D eigenvalue weighted by Gasteiger charge is -2.34. The van der Waals surface area contributed by atoms with Crippen LogP contribution in [0.3, 0.4) is 0 Å². The number of nitrogens with zero attached hydrogens (tertiary/aromatic N) is 1. The number of carbonyl (C=O) groups excluding carboxylic acids is 3. The van der Waals surface area contributed by atoms with Crippen molar-refractivity contribution in [1.82, 2.24) is 4.98 Å². The van der Waals surface area contributed by atoms with Gasteiger partial charge in [0.2, 0.25) is 0 Å². The van der Waals surface area contributed by atoms with Gasteiger partial charge < -0.3 is 32.8 Å². The molecule has 0 radical (unpaired) electrons. The molecule has 4 aliphatic rings. The minimum atomic E-state index is -0.764. The summed E-state index contributed by atoms with van der Waals surface area (Å²) in [5.41, 5.74) is 1.94. The molecule has 5 rings (SSSR count). The van der Waals surface area contributed by atoms with Gasteiger partial charge in [0, 0.05) is 39.2 Å². The Kier molecular flexibility index (Phi) is 19.8. The van der Waals surface area contributed by atoms with Crippen molar-refractivity contribution in [2.24, 2.45) is 17.8 Å². The zero-order chi connectivity index (χ0) is 44.6. The number of ether oxygens (including phenoxy) is 6. The smallest absolute Gasteiger partial charge is 0.338 e. The maximum Gasteiger partial charge on any atom is 0.338 e. The van der Waals surface area contributed by atoms with Gasteiger partial charge in [0.1, 0.15) is 35.9 Å². The number of methoxy groups -OCH3 is 1. The number of carbonyl (C=O) groups is 3. The van der Waals surface area contributed by atoms with E-state index in [9.17, 15) is 14.4 Å². The molecule has 4 fully saturated rings. The number of esters is 3. The number of oxazole rings is 1. The van der Waals surface area contributed by atoms with Crippen LogP contribution in [0.5, 0.6) is 0 Å². The lowest BCUT2D eigenvalue weighted by atomic mass is 9.82. The molecule has 0 N–H and O–H groups in total. The fourth-order valence-electron chi connectivity index (χ4n) is 9.69. The third-order valence-corrected chi connectivity index (χ3v) is 13.8. The molecule has 0 aliphatic carbocycles. The number of unbranched alkanes of at least 4 members (excludes halogenated alkanes) is 12. The van der Waals surface area contributed by atoms with Gasteiger partial charge in [0.15, 0.2) is 12.0 Å². The second kappa shape index (κ2) is 24.7. The van der Waals surface area contributed by atoms with Crippen LogP contribution in [-0.4, -0.2) is 78.3 Å². The lowest BCUT2D eigenvalue weighted by molar-refractivity contribution is -0.164. The minimum Gasteiger partial charge on any atom is -0.462 e. The molecule has 0 saturated carbocycles. The first kappa shape index (κ1) is 49.7. The van der Waals surface area contributed by atoms with Gasteiger partial charge in [-0.15, -0.1) is 0 Å². The molecule has 0 aromatic carbocycles. The summed E-state index contributed by atoms with van der Waals surface area (Å²) in [5.74, 6) is -0.404. The molecule has 1 aromatic rings. The first-order valence-corrected chi connectivity index (χ1v) is 24.2. The van der Waals surface area contributed by atoms with Gasteiger partial charge in [-0.1, -0.05) is 116 Å². The van der Waals surface area contributed by atoms with E-state index in [-0.39, 0.29) is 54.4 Å². The molecule has 10 unspecified atom stereocenters. The van der Waals surface area contributed by atoms with Crippen molar-refractivity contribution >= 4 is 24.0 Å². The highest BCUT2D eigenvalue weighted by atomic mass is 16.7. The monoisotopic (exact) mass is 866 g/mol. The minimum absolute atomic E-state index is 0.0764. The van der Waals surface area contributed by atoms with Crippen LogP contribution < -0.4 is 0 Å². The number of rotatable bonds is 22. The molecular formula is C51H79NO10. The molecule has 62 heavy (non-hydrogen) atoms. The molecular weight excluding hydrogens is 787 g/mol. The second-order valence-corrected chi connectivity index (χ2v) is 19.2. The van der Waals surface area contributed by atoms with Gasteiger partial charge >= 0.3 is 17.9 Å². The number of epoxide rings is 2. The van der Waals surface area contributed by atoms with Gasteiger partial charge in [-0.3, -0.25) is 9.59 Å². The van der Waals surface area contributed by atoms with Crippen LogP contribution in [0.1, 0.15) is 182 Å². The molecule has 348 valence electrons. The molecule has 4 saturated heterocycles. The van der Waals surface area contributed by atoms with Gasteiger partial charge in [0.25, 0.3) is 0 Å². The third kappa shape index (κ3) is 15.5. The lowest BCUT2D eigenvalue weighted by Crippen LogP contribution is -2.43. The average Bonchev–Trinajstić information content (AvgIpc) is 4.11. The van der Waals surface area contributed by atoms with E-state index < -0.39 is 36.0 Å². The predicted octanol–water partition coefficient (Wildman–Crippen LogP) is 11.3. The van der Waals surface area contributed by atoms with Gasteiger partial charge in [-0.05, 0) is 81.9 Å². The molecule has 11 nitrogen and oxygen atoms in total. The molecule has 11 atom stereocenters. The van der Waals surface area contributed by atoms with Crippen molar-refractivity contribution in [3.8, 4) is 0 Å². The second-order valence-electron chi connectivity index (χ2n) is 19.2. The van der Waals surface area contributed by atoms with E-state index in [2.05, 4.69) is 18.8 Å². The number of allylic oxidation sites excluding steroid dienone is 4. The van der Waals surface area contributed by atoms with Crippen LogP contribution in [0.15, 0.2) is 40.1 Å². The summed E-state index contributed by atoms with van der Waals surface area (Å²) in [6.07, 6.45) is 26.2. The maximum atomic E-state index is 13.9. The van der Waals surface area contributed by atoms with Crippen LogP contribution in [0, 0.1) is 24.7 Å². The Balaban J connectivity index is 1.26. The topological polar surface area (TPSA) is 139 Å². The van der Waals surface area contributed by atoms with Crippen molar-refractivity contribution in [2.75, 3.05) is 7.11 Å². The van der Waals surface area contributed by atoms with E-state index >= 15 is 0 Å². The molecule has 2 bridgehead atoms. The zero-order valence-electron chi connectivity index (χ0n) is 39.3. The summed E-state index contributed by atoms with van der Waals surface area (Å²) in [7, 11) is 1.66. The van der Waals surface area contributed by atoms with E-state index in [0.29, 0.717) is 25.2 Å². The van der Waals surface area contributed by atoms with Crippen molar-refractivity contribution in [3.05, 3.63) is 47.2 Å². The molecule has 0 spiro atoms. The third-order valence-electron chi connectivity index (χ3n) is 13.8. The Labute approximate surface area is 372 Å². The summed E-state index contributed by atoms with van der Waals surface area (Å²) >= 11 is 0. The van der Waals surface area contributed by atoms with E-state index in [4.69, 9.17) is 32.8 Å². The van der Waals surface area contributed by atoms with Crippen molar-refractivity contribution in [2.45, 2.75) is 225 Å². The quantitative estimate of drug-likeness (QED) is 0.0362. The van der Waals surface area contributed by atoms with Crippen molar-refractivity contribution < 1.29 is 47.2 Å². The van der Waals surface area contributed by atoms with Gasteiger partial charge in [-0.25, -0.2) is 9.78 Å². The summed E-state index contributed by atoms with van der Waals surface area (Å²) in [6, 6.07) is 0. The van der Waals surface area contributed by atoms with Crippen LogP contribution >= 0.6 is 0 Å². The molecule has 0 amide bonds. The molecule has 11 heteroatoms. The highest BCUT2D eigenvalue weighted by Gasteiger charge is 2.60. The average molecular weight is 866 g/mol. The molecule has 5 heterocycles. The van der Waals surface area contributed by atoms with Crippen molar-refractivity contribution in [3.63, 3.8) is 0 Å². The molecule has 1 aromatic heterocycles. The Morgan fingerprint density at radius 3 is 2.24 bits per heavy atom. The highest BCUT2D eigenvalue weighted by Crippen LogP contribution is 2.47. The highest BCUT2D eigenvalue weighted by molar-refractivity contribution is 5.78. The molecule has 4 aliphatic heterocycles. The van der Waals surface area contributed by atoms with Crippen LogP contribution in [-0.2, 0) is 42.8 Å². The predicted molar refractivity (Wildman–Crippen MR) is 240 cm³/mol. The first-order valence-electron chi connectivity index (χ1n) is 24.2. The van der Waals surface area contributed by atoms with Gasteiger partial charge in [-0.2, -0.15) is 0 Å². The maximum absolute atomic E-state index is 13.9. The number of hydrogen-bond acceptors (Lipinski definition) is 11. The number of cyclic esters (lactones) is 1. The summed E-state index contributed by atoms with van der Waals surface area (Å²) in [6.45, 7) is 14.2. The number of aromatic nitrogens is 1. The first-order chi connectivity index (χ1) is 29.8. The van der Waals surface area contributed by atoms with E-state index in [1.165, 1.54) is 64.2 Å². The summed E-state index contributed by atoms with van der Waals surface area (Å²) in [5, 5.41) is 0. The number of fused-ring (bicyclic) bond motifs is 4. The summed E-state index contributed by atoms with van der Waals surface area (Å²) in [4.78, 5) is 44.6. The Hall–Kier alpha value is -3.28.